The highest BCUT2D eigenvalue weighted by atomic mass is 16.6. The number of nitrogens with zero attached hydrogens (tertiary/aromatic N) is 2. The molecule has 1 heterocycles. The van der Waals surface area contributed by atoms with Crippen molar-refractivity contribution in [3.8, 4) is 5.69 Å². The number of ether oxygens (including phenoxy) is 1. The molecule has 0 fully saturated rings. The lowest BCUT2D eigenvalue weighted by Gasteiger charge is -2.10. The van der Waals surface area contributed by atoms with Crippen LogP contribution in [0.4, 0.5) is 5.69 Å². The van der Waals surface area contributed by atoms with Crippen LogP contribution in [-0.4, -0.2) is 22.1 Å². The van der Waals surface area contributed by atoms with Crippen molar-refractivity contribution in [3.05, 3.63) is 58.4 Å². The van der Waals surface area contributed by atoms with E-state index in [4.69, 9.17) is 4.74 Å². The summed E-state index contributed by atoms with van der Waals surface area (Å²) in [5.41, 5.74) is 0.255. The molecule has 0 spiro atoms. The normalized spacial score (nSPS) is 10.2. The number of nitro groups is 1. The second-order valence-corrected chi connectivity index (χ2v) is 3.74. The fourth-order valence-electron chi connectivity index (χ4n) is 1.81. The maximum Gasteiger partial charge on any atom is 0.340 e. The Hall–Kier alpha value is -2.63. The minimum atomic E-state index is -0.574. The van der Waals surface area contributed by atoms with Gasteiger partial charge >= 0.3 is 5.97 Å². The second kappa shape index (κ2) is 5.34. The van der Waals surface area contributed by atoms with Crippen LogP contribution in [0.3, 0.4) is 0 Å². The molecule has 0 amide bonds. The monoisotopic (exact) mass is 260 g/mol. The van der Waals surface area contributed by atoms with Crippen LogP contribution in [0.1, 0.15) is 17.3 Å². The van der Waals surface area contributed by atoms with Gasteiger partial charge in [-0.3, -0.25) is 10.1 Å². The number of rotatable bonds is 4. The van der Waals surface area contributed by atoms with Gasteiger partial charge in [0.1, 0.15) is 5.69 Å². The molecule has 0 saturated heterocycles. The van der Waals surface area contributed by atoms with Gasteiger partial charge in [0.25, 0.3) is 5.69 Å². The maximum atomic E-state index is 11.9. The zero-order valence-corrected chi connectivity index (χ0v) is 10.3. The van der Waals surface area contributed by atoms with Gasteiger partial charge in [-0.25, -0.2) is 4.79 Å². The Kier molecular flexibility index (Phi) is 3.61. The van der Waals surface area contributed by atoms with Gasteiger partial charge in [0, 0.05) is 18.5 Å². The highest BCUT2D eigenvalue weighted by Crippen LogP contribution is 2.27. The third-order valence-corrected chi connectivity index (χ3v) is 2.57. The van der Waals surface area contributed by atoms with Gasteiger partial charge in [0.15, 0.2) is 0 Å². The Morgan fingerprint density at radius 3 is 2.58 bits per heavy atom. The number of carbonyl (C=O) groups is 1. The Morgan fingerprint density at radius 1 is 1.32 bits per heavy atom. The molecule has 19 heavy (non-hydrogen) atoms. The average Bonchev–Trinajstić information content (AvgIpc) is 2.91. The molecule has 0 aliphatic carbocycles. The smallest absolute Gasteiger partial charge is 0.340 e. The molecular weight excluding hydrogens is 248 g/mol. The van der Waals surface area contributed by atoms with E-state index in [2.05, 4.69) is 0 Å². The zero-order chi connectivity index (χ0) is 13.8. The number of benzene rings is 1. The summed E-state index contributed by atoms with van der Waals surface area (Å²) in [5.74, 6) is -0.574. The first-order chi connectivity index (χ1) is 9.15. The van der Waals surface area contributed by atoms with Crippen molar-refractivity contribution in [2.24, 2.45) is 0 Å². The molecule has 0 bridgehead atoms. The van der Waals surface area contributed by atoms with Crippen LogP contribution in [0.25, 0.3) is 5.69 Å². The summed E-state index contributed by atoms with van der Waals surface area (Å²) >= 11 is 0. The van der Waals surface area contributed by atoms with Gasteiger partial charge in [0.05, 0.1) is 17.1 Å². The van der Waals surface area contributed by atoms with E-state index in [1.807, 2.05) is 0 Å². The zero-order valence-electron chi connectivity index (χ0n) is 10.3. The van der Waals surface area contributed by atoms with Gasteiger partial charge < -0.3 is 9.30 Å². The summed E-state index contributed by atoms with van der Waals surface area (Å²) < 4.78 is 6.46. The minimum Gasteiger partial charge on any atom is -0.462 e. The van der Waals surface area contributed by atoms with Crippen molar-refractivity contribution in [2.75, 3.05) is 6.61 Å². The quantitative estimate of drug-likeness (QED) is 0.481. The van der Waals surface area contributed by atoms with Crippen molar-refractivity contribution < 1.29 is 14.5 Å². The Bertz CT molecular complexity index is 605. The van der Waals surface area contributed by atoms with Gasteiger partial charge in [-0.2, -0.15) is 0 Å². The largest absolute Gasteiger partial charge is 0.462 e. The summed E-state index contributed by atoms with van der Waals surface area (Å²) in [7, 11) is 0. The molecule has 1 aromatic carbocycles. The van der Waals surface area contributed by atoms with Crippen molar-refractivity contribution >= 4 is 11.7 Å². The van der Waals surface area contributed by atoms with Gasteiger partial charge in [-0.1, -0.05) is 6.07 Å². The Balaban J connectivity index is 2.64. The highest BCUT2D eigenvalue weighted by Gasteiger charge is 2.23. The van der Waals surface area contributed by atoms with Gasteiger partial charge in [-0.05, 0) is 25.1 Å². The van der Waals surface area contributed by atoms with Crippen LogP contribution in [-0.2, 0) is 4.74 Å². The van der Waals surface area contributed by atoms with Crippen LogP contribution >= 0.6 is 0 Å². The van der Waals surface area contributed by atoms with Crippen molar-refractivity contribution in [1.82, 2.24) is 4.57 Å². The van der Waals surface area contributed by atoms with E-state index in [0.29, 0.717) is 0 Å². The molecule has 98 valence electrons. The molecule has 0 atom stereocenters. The number of hydrogen-bond donors (Lipinski definition) is 0. The first-order valence-electron chi connectivity index (χ1n) is 5.73. The van der Waals surface area contributed by atoms with E-state index in [9.17, 15) is 14.9 Å². The lowest BCUT2D eigenvalue weighted by Crippen LogP contribution is -2.11. The topological polar surface area (TPSA) is 74.4 Å². The summed E-state index contributed by atoms with van der Waals surface area (Å²) in [6.45, 7) is 1.90. The maximum absolute atomic E-state index is 11.9. The fraction of sp³-hybridized carbons (Fsp3) is 0.154. The third-order valence-electron chi connectivity index (χ3n) is 2.57. The number of nitro benzene ring substituents is 1. The van der Waals surface area contributed by atoms with Crippen molar-refractivity contribution in [1.29, 1.82) is 0 Å². The van der Waals surface area contributed by atoms with Gasteiger partial charge in [0.2, 0.25) is 0 Å². The number of aromatic nitrogens is 1. The van der Waals surface area contributed by atoms with Crippen LogP contribution in [0.15, 0.2) is 42.7 Å². The van der Waals surface area contributed by atoms with Crippen LogP contribution < -0.4 is 0 Å². The van der Waals surface area contributed by atoms with Crippen LogP contribution in [0.2, 0.25) is 0 Å². The number of hydrogen-bond acceptors (Lipinski definition) is 4. The van der Waals surface area contributed by atoms with E-state index < -0.39 is 10.9 Å². The fourth-order valence-corrected chi connectivity index (χ4v) is 1.81. The summed E-state index contributed by atoms with van der Waals surface area (Å²) in [6, 6.07) is 7.80. The van der Waals surface area contributed by atoms with Gasteiger partial charge in [-0.15, -0.1) is 0 Å². The Morgan fingerprint density at radius 2 is 2.00 bits per heavy atom. The molecule has 0 saturated carbocycles. The lowest BCUT2D eigenvalue weighted by atomic mass is 10.1. The molecule has 2 aromatic rings. The average molecular weight is 260 g/mol. The molecule has 0 unspecified atom stereocenters. The molecule has 6 nitrogen and oxygen atoms in total. The molecule has 2 rings (SSSR count). The second-order valence-electron chi connectivity index (χ2n) is 3.74. The number of carbonyl (C=O) groups excluding carboxylic acids is 1. The SMILES string of the molecule is CCOC(=O)c1cccc([N+](=O)[O-])c1-n1cccc1. The summed E-state index contributed by atoms with van der Waals surface area (Å²) in [6.07, 6.45) is 3.29. The predicted molar refractivity (Wildman–Crippen MR) is 68.4 cm³/mol. The third kappa shape index (κ3) is 2.47. The molecule has 6 heteroatoms. The highest BCUT2D eigenvalue weighted by molar-refractivity contribution is 5.95. The standard InChI is InChI=1S/C13H12N2O4/c1-2-19-13(16)10-6-5-7-11(15(17)18)12(10)14-8-3-4-9-14/h3-9H,2H2,1H3. The molecule has 0 aliphatic heterocycles. The summed E-state index contributed by atoms with van der Waals surface area (Å²) in [4.78, 5) is 22.5. The molecule has 0 N–H and O–H groups in total. The molecule has 0 radical (unpaired) electrons. The molecule has 1 aromatic heterocycles. The number of esters is 1. The van der Waals surface area contributed by atoms with Crippen LogP contribution in [0.5, 0.6) is 0 Å². The van der Waals surface area contributed by atoms with E-state index in [0.717, 1.165) is 0 Å². The van der Waals surface area contributed by atoms with Crippen LogP contribution in [0, 0.1) is 10.1 Å². The first kappa shape index (κ1) is 12.8. The van der Waals surface area contributed by atoms with E-state index in [-0.39, 0.29) is 23.5 Å². The van der Waals surface area contributed by atoms with E-state index in [1.165, 1.54) is 22.8 Å². The van der Waals surface area contributed by atoms with Crippen molar-refractivity contribution in [2.45, 2.75) is 6.92 Å². The van der Waals surface area contributed by atoms with E-state index >= 15 is 0 Å². The number of para-hydroxylation sites is 1. The first-order valence-corrected chi connectivity index (χ1v) is 5.73. The molecule has 0 aliphatic rings. The Labute approximate surface area is 109 Å². The lowest BCUT2D eigenvalue weighted by molar-refractivity contribution is -0.384. The molecular formula is C13H12N2O4. The summed E-state index contributed by atoms with van der Waals surface area (Å²) in [5, 5.41) is 11.1. The van der Waals surface area contributed by atoms with Crippen molar-refractivity contribution in [3.63, 3.8) is 0 Å². The predicted octanol–water partition coefficient (Wildman–Crippen LogP) is 2.56. The minimum absolute atomic E-state index is 0.137. The van der Waals surface area contributed by atoms with E-state index in [1.54, 1.807) is 31.5 Å².